The van der Waals surface area contributed by atoms with Crippen LogP contribution >= 0.6 is 0 Å². The number of benzene rings is 1. The lowest BCUT2D eigenvalue weighted by atomic mass is 9.72. The van der Waals surface area contributed by atoms with E-state index in [9.17, 15) is 18.0 Å². The van der Waals surface area contributed by atoms with Gasteiger partial charge in [-0.3, -0.25) is 9.89 Å². The molecule has 1 saturated carbocycles. The number of fused-ring (bicyclic) bond motifs is 1. The van der Waals surface area contributed by atoms with Crippen molar-refractivity contribution in [3.05, 3.63) is 59.4 Å². The Kier molecular flexibility index (Phi) is 6.47. The van der Waals surface area contributed by atoms with Gasteiger partial charge in [-0.25, -0.2) is 4.98 Å². The van der Waals surface area contributed by atoms with Crippen LogP contribution in [0.1, 0.15) is 67.7 Å². The van der Waals surface area contributed by atoms with Gasteiger partial charge in [0.25, 0.3) is 0 Å². The molecule has 0 unspecified atom stereocenters. The number of hydrogen-bond donors (Lipinski definition) is 2. The van der Waals surface area contributed by atoms with Crippen molar-refractivity contribution in [1.82, 2.24) is 35.3 Å². The van der Waals surface area contributed by atoms with Crippen LogP contribution in [-0.2, 0) is 18.0 Å². The lowest BCUT2D eigenvalue weighted by molar-refractivity contribution is -0.141. The molecule has 1 fully saturated rings. The largest absolute Gasteiger partial charge is 0.433 e. The fraction of sp³-hybridized carbons (Fsp3) is 0.423. The van der Waals surface area contributed by atoms with Crippen molar-refractivity contribution >= 4 is 16.8 Å². The number of aromatic nitrogens is 6. The zero-order chi connectivity index (χ0) is 26.3. The second-order valence-electron chi connectivity index (χ2n) is 9.82. The molecule has 3 aromatic heterocycles. The number of nitrogens with one attached hydrogen (secondary N) is 2. The van der Waals surface area contributed by atoms with Gasteiger partial charge in [-0.2, -0.15) is 18.3 Å². The lowest BCUT2D eigenvalue weighted by Crippen LogP contribution is -2.25. The minimum absolute atomic E-state index is 0.0343. The maximum atomic E-state index is 13.8. The van der Waals surface area contributed by atoms with Gasteiger partial charge in [-0.15, -0.1) is 10.2 Å². The summed E-state index contributed by atoms with van der Waals surface area (Å²) < 4.78 is 43.4. The number of carbonyl (C=O) groups excluding carboxylic acids is 1. The first-order valence-corrected chi connectivity index (χ1v) is 12.3. The van der Waals surface area contributed by atoms with Crippen molar-refractivity contribution in [1.29, 1.82) is 0 Å². The van der Waals surface area contributed by atoms with Crippen LogP contribution in [0.25, 0.3) is 22.2 Å². The number of halogens is 3. The Morgan fingerprint density at radius 3 is 2.68 bits per heavy atom. The molecule has 0 radical (unpaired) electrons. The van der Waals surface area contributed by atoms with E-state index in [4.69, 9.17) is 0 Å². The van der Waals surface area contributed by atoms with Crippen molar-refractivity contribution in [2.45, 2.75) is 51.1 Å². The molecule has 1 aliphatic rings. The second kappa shape index (κ2) is 9.60. The van der Waals surface area contributed by atoms with Crippen LogP contribution in [0.15, 0.2) is 36.7 Å². The van der Waals surface area contributed by atoms with Gasteiger partial charge in [-0.1, -0.05) is 31.5 Å². The highest BCUT2D eigenvalue weighted by Gasteiger charge is 2.35. The Hall–Kier alpha value is -3.76. The van der Waals surface area contributed by atoms with Crippen LogP contribution in [0, 0.1) is 5.92 Å². The third-order valence-electron chi connectivity index (χ3n) is 7.16. The number of aryl methyl sites for hydroxylation is 1. The second-order valence-corrected chi connectivity index (χ2v) is 9.82. The van der Waals surface area contributed by atoms with Gasteiger partial charge in [0.2, 0.25) is 5.91 Å². The average Bonchev–Trinajstić information content (AvgIpc) is 3.44. The number of hydrogen-bond acceptors (Lipinski definition) is 5. The summed E-state index contributed by atoms with van der Waals surface area (Å²) in [5.74, 6) is 0.600. The van der Waals surface area contributed by atoms with Gasteiger partial charge >= 0.3 is 6.18 Å². The maximum absolute atomic E-state index is 13.8. The molecule has 194 valence electrons. The molecule has 5 rings (SSSR count). The number of H-pyrrole nitrogens is 1. The molecule has 11 heteroatoms. The van der Waals surface area contributed by atoms with Crippen molar-refractivity contribution < 1.29 is 18.0 Å². The fourth-order valence-electron chi connectivity index (χ4n) is 5.01. The molecule has 8 nitrogen and oxygen atoms in total. The first kappa shape index (κ1) is 24.9. The molecule has 0 bridgehead atoms. The van der Waals surface area contributed by atoms with Crippen molar-refractivity contribution in [3.8, 4) is 11.3 Å². The minimum Gasteiger partial charge on any atom is -0.356 e. The molecule has 1 aromatic carbocycles. The monoisotopic (exact) mass is 511 g/mol. The summed E-state index contributed by atoms with van der Waals surface area (Å²) in [6.45, 7) is 3.24. The normalized spacial score (nSPS) is 15.9. The number of alkyl halides is 3. The van der Waals surface area contributed by atoms with E-state index >= 15 is 0 Å². The van der Waals surface area contributed by atoms with Gasteiger partial charge in [0.15, 0.2) is 0 Å². The molecule has 0 aliphatic heterocycles. The third kappa shape index (κ3) is 4.82. The molecular formula is C26H28F3N7O. The quantitative estimate of drug-likeness (QED) is 0.366. The van der Waals surface area contributed by atoms with E-state index in [1.165, 1.54) is 6.92 Å². The molecule has 0 spiro atoms. The highest BCUT2D eigenvalue weighted by Crippen LogP contribution is 2.44. The minimum atomic E-state index is -4.63. The number of carbonyl (C=O) groups is 1. The fourth-order valence-corrected chi connectivity index (χ4v) is 5.01. The number of rotatable bonds is 7. The topological polar surface area (TPSA) is 101 Å². The van der Waals surface area contributed by atoms with Crippen LogP contribution in [0.2, 0.25) is 0 Å². The van der Waals surface area contributed by atoms with Crippen molar-refractivity contribution in [2.75, 3.05) is 6.54 Å². The number of pyridine rings is 1. The number of nitrogens with zero attached hydrogens (tertiary/aromatic N) is 5. The number of aromatic amines is 1. The predicted molar refractivity (Wildman–Crippen MR) is 132 cm³/mol. The van der Waals surface area contributed by atoms with Crippen LogP contribution in [-0.4, -0.2) is 42.4 Å². The highest BCUT2D eigenvalue weighted by molar-refractivity contribution is 5.94. The Balaban J connectivity index is 1.61. The highest BCUT2D eigenvalue weighted by atomic mass is 19.4. The van der Waals surface area contributed by atoms with Crippen LogP contribution < -0.4 is 5.32 Å². The summed E-state index contributed by atoms with van der Waals surface area (Å²) in [5, 5.41) is 18.8. The molecule has 1 amide bonds. The molecule has 1 aliphatic carbocycles. The summed E-state index contributed by atoms with van der Waals surface area (Å²) in [7, 11) is 1.92. The molecule has 4 aromatic rings. The van der Waals surface area contributed by atoms with Gasteiger partial charge in [-0.05, 0) is 36.5 Å². The SMILES string of the molecule is CC(=O)NC[C@H](C)c1nc(C(F)(F)F)cc2c(-c3cccc([C@H](c4nncn4C)C4CCC4)c3)n[nH]c12. The van der Waals surface area contributed by atoms with Crippen LogP contribution in [0.5, 0.6) is 0 Å². The summed E-state index contributed by atoms with van der Waals surface area (Å²) >= 11 is 0. The van der Waals surface area contributed by atoms with Gasteiger partial charge in [0.1, 0.15) is 23.5 Å². The van der Waals surface area contributed by atoms with E-state index in [0.29, 0.717) is 28.1 Å². The van der Waals surface area contributed by atoms with E-state index in [2.05, 4.69) is 30.7 Å². The Labute approximate surface area is 211 Å². The van der Waals surface area contributed by atoms with Gasteiger partial charge in [0.05, 0.1) is 11.2 Å². The first-order chi connectivity index (χ1) is 17.6. The molecule has 2 atom stereocenters. The molecule has 3 heterocycles. The predicted octanol–water partition coefficient (Wildman–Crippen LogP) is 4.94. The van der Waals surface area contributed by atoms with E-state index in [1.54, 1.807) is 13.3 Å². The number of amides is 1. The van der Waals surface area contributed by atoms with Crippen LogP contribution in [0.3, 0.4) is 0 Å². The smallest absolute Gasteiger partial charge is 0.356 e. The van der Waals surface area contributed by atoms with E-state index in [-0.39, 0.29) is 24.1 Å². The summed E-state index contributed by atoms with van der Waals surface area (Å²) in [6.07, 6.45) is 0.386. The van der Waals surface area contributed by atoms with E-state index < -0.39 is 17.8 Å². The van der Waals surface area contributed by atoms with Crippen molar-refractivity contribution in [2.24, 2.45) is 13.0 Å². The molecule has 2 N–H and O–H groups in total. The van der Waals surface area contributed by atoms with E-state index in [1.807, 2.05) is 35.9 Å². The molecule has 0 saturated heterocycles. The Bertz CT molecular complexity index is 1440. The van der Waals surface area contributed by atoms with Crippen molar-refractivity contribution in [3.63, 3.8) is 0 Å². The Morgan fingerprint density at radius 1 is 1.27 bits per heavy atom. The first-order valence-electron chi connectivity index (χ1n) is 12.3. The zero-order valence-electron chi connectivity index (χ0n) is 20.8. The maximum Gasteiger partial charge on any atom is 0.433 e. The van der Waals surface area contributed by atoms with E-state index in [0.717, 1.165) is 36.7 Å². The molecular weight excluding hydrogens is 483 g/mol. The zero-order valence-corrected chi connectivity index (χ0v) is 20.8. The summed E-state index contributed by atoms with van der Waals surface area (Å²) in [4.78, 5) is 15.3. The average molecular weight is 512 g/mol. The standard InChI is InChI=1S/C26H28F3N7O/c1-14(12-30-15(2)37)22-24-19(11-20(32-22)26(27,28)29)23(33-34-24)18-9-5-8-17(10-18)21(16-6-4-7-16)25-35-31-13-36(25)3/h5,8-11,13-14,16,21H,4,6-7,12H2,1-3H3,(H,30,37)(H,33,34)/t14-,21+/m0/s1. The van der Waals surface area contributed by atoms with Crippen LogP contribution in [0.4, 0.5) is 13.2 Å². The third-order valence-corrected chi connectivity index (χ3v) is 7.16. The lowest BCUT2D eigenvalue weighted by Gasteiger charge is -2.33. The Morgan fingerprint density at radius 2 is 2.05 bits per heavy atom. The summed E-state index contributed by atoms with van der Waals surface area (Å²) in [6, 6.07) is 8.81. The molecule has 37 heavy (non-hydrogen) atoms. The van der Waals surface area contributed by atoms with Gasteiger partial charge < -0.3 is 9.88 Å². The summed E-state index contributed by atoms with van der Waals surface area (Å²) in [5.41, 5.74) is 1.79. The van der Waals surface area contributed by atoms with Gasteiger partial charge in [0, 0.05) is 43.3 Å².